The molecule has 0 N–H and O–H groups in total. The Bertz CT molecular complexity index is 3030. The van der Waals surface area contributed by atoms with Crippen molar-refractivity contribution in [3.05, 3.63) is 230 Å². The molecule has 0 amide bonds. The van der Waals surface area contributed by atoms with Crippen LogP contribution >= 0.6 is 0 Å². The van der Waals surface area contributed by atoms with E-state index in [1.54, 1.807) is 0 Å². The predicted molar refractivity (Wildman–Crippen MR) is 297 cm³/mol. The SMILES string of the molecule is c1ccc(-c2nc(-c3ccccc3)nc(-c3ccc(Oc4ccc(C5(c6ccc(Oc7ccc(-c8nc(-c9ccccc9)nc(-c9ccccc9)n8)cc7)cc6)CCCCCCCCCCC5)cc4)cc3)n2)cc1. The first-order valence-corrected chi connectivity index (χ1v) is 26.1. The number of hydrogen-bond acceptors (Lipinski definition) is 8. The summed E-state index contributed by atoms with van der Waals surface area (Å²) in [6.07, 6.45) is 13.6. The van der Waals surface area contributed by atoms with E-state index in [0.29, 0.717) is 34.9 Å². The van der Waals surface area contributed by atoms with Gasteiger partial charge in [-0.2, -0.15) is 0 Å². The fourth-order valence-corrected chi connectivity index (χ4v) is 10.1. The van der Waals surface area contributed by atoms with Crippen LogP contribution < -0.4 is 9.47 Å². The minimum atomic E-state index is -0.150. The van der Waals surface area contributed by atoms with Gasteiger partial charge in [0.15, 0.2) is 34.9 Å². The minimum Gasteiger partial charge on any atom is -0.457 e. The van der Waals surface area contributed by atoms with Crippen molar-refractivity contribution in [3.63, 3.8) is 0 Å². The summed E-state index contributed by atoms with van der Waals surface area (Å²) in [4.78, 5) is 29.4. The van der Waals surface area contributed by atoms with Gasteiger partial charge in [0.05, 0.1) is 0 Å². The lowest BCUT2D eigenvalue weighted by atomic mass is 9.67. The molecule has 1 aliphatic carbocycles. The molecule has 0 saturated heterocycles. The van der Waals surface area contributed by atoms with E-state index >= 15 is 0 Å². The van der Waals surface area contributed by atoms with Crippen molar-refractivity contribution in [1.82, 2.24) is 29.9 Å². The molecule has 8 heteroatoms. The third-order valence-corrected chi connectivity index (χ3v) is 14.1. The number of benzene rings is 8. The van der Waals surface area contributed by atoms with E-state index in [1.807, 2.05) is 170 Å². The van der Waals surface area contributed by atoms with Gasteiger partial charge in [-0.1, -0.05) is 203 Å². The van der Waals surface area contributed by atoms with Crippen molar-refractivity contribution < 1.29 is 9.47 Å². The number of aromatic nitrogens is 6. The van der Waals surface area contributed by atoms with E-state index in [0.717, 1.165) is 69.2 Å². The summed E-state index contributed by atoms with van der Waals surface area (Å²) in [5.74, 6) is 6.83. The van der Waals surface area contributed by atoms with Crippen LogP contribution in [0.3, 0.4) is 0 Å². The quantitative estimate of drug-likeness (QED) is 0.119. The van der Waals surface area contributed by atoms with Crippen LogP contribution in [0.2, 0.25) is 0 Å². The average Bonchev–Trinajstić information content (AvgIpc) is 3.47. The molecule has 11 rings (SSSR count). The van der Waals surface area contributed by atoms with Crippen LogP contribution in [0.15, 0.2) is 218 Å². The molecule has 8 aromatic carbocycles. The molecule has 0 aliphatic heterocycles. The number of nitrogens with zero attached hydrogens (tertiary/aromatic N) is 6. The molecule has 8 nitrogen and oxygen atoms in total. The highest BCUT2D eigenvalue weighted by Crippen LogP contribution is 2.44. The number of rotatable bonds is 12. The summed E-state index contributed by atoms with van der Waals surface area (Å²) in [5.41, 5.74) is 8.02. The Morgan fingerprint density at radius 2 is 0.446 bits per heavy atom. The molecule has 2 heterocycles. The van der Waals surface area contributed by atoms with Crippen molar-refractivity contribution in [1.29, 1.82) is 0 Å². The van der Waals surface area contributed by atoms with Crippen molar-refractivity contribution in [2.45, 2.75) is 76.0 Å². The predicted octanol–water partition coefficient (Wildman–Crippen LogP) is 17.2. The lowest BCUT2D eigenvalue weighted by Gasteiger charge is -2.36. The molecule has 1 fully saturated rings. The van der Waals surface area contributed by atoms with E-state index < -0.39 is 0 Å². The van der Waals surface area contributed by atoms with E-state index in [-0.39, 0.29) is 5.41 Å². The summed E-state index contributed by atoms with van der Waals surface area (Å²) < 4.78 is 13.0. The maximum absolute atomic E-state index is 6.52. The van der Waals surface area contributed by atoms with Gasteiger partial charge in [0.25, 0.3) is 0 Å². The molecule has 0 spiro atoms. The van der Waals surface area contributed by atoms with Crippen LogP contribution in [-0.2, 0) is 5.41 Å². The summed E-state index contributed by atoms with van der Waals surface area (Å²) in [6, 6.07) is 73.9. The standard InChI is InChI=1S/C66H58N6O2/c1-2-4-6-20-46-66(47-21-7-5-3-1,54-34-42-58(43-35-54)73-56-38-30-52(31-39-56)64-69-60(48-22-12-8-13-23-48)67-61(70-64)49-24-14-9-15-25-49)55-36-44-59(45-37-55)74-57-40-32-53(33-41-57)65-71-62(50-26-16-10-17-27-50)68-63(72-65)51-28-18-11-19-29-51/h8-19,22-45H,1-7,20-21,46-47H2. The van der Waals surface area contributed by atoms with Crippen molar-refractivity contribution >= 4 is 0 Å². The average molecular weight is 967 g/mol. The molecule has 2 aromatic heterocycles. The van der Waals surface area contributed by atoms with Gasteiger partial charge in [0.1, 0.15) is 23.0 Å². The Balaban J connectivity index is 0.825. The van der Waals surface area contributed by atoms with E-state index in [1.165, 1.54) is 68.9 Å². The zero-order valence-corrected chi connectivity index (χ0v) is 41.6. The van der Waals surface area contributed by atoms with Crippen molar-refractivity contribution in [2.75, 3.05) is 0 Å². The van der Waals surface area contributed by atoms with Gasteiger partial charge < -0.3 is 9.47 Å². The summed E-state index contributed by atoms with van der Waals surface area (Å²) in [5, 5.41) is 0. The minimum absolute atomic E-state index is 0.150. The highest BCUT2D eigenvalue weighted by molar-refractivity contribution is 5.68. The maximum Gasteiger partial charge on any atom is 0.164 e. The lowest BCUT2D eigenvalue weighted by Crippen LogP contribution is -2.28. The first-order valence-electron chi connectivity index (χ1n) is 26.1. The Hall–Kier alpha value is -8.62. The zero-order chi connectivity index (χ0) is 49.8. The molecular weight excluding hydrogens is 909 g/mol. The third kappa shape index (κ3) is 11.4. The molecule has 0 unspecified atom stereocenters. The third-order valence-electron chi connectivity index (χ3n) is 14.1. The monoisotopic (exact) mass is 966 g/mol. The molecule has 364 valence electrons. The summed E-state index contributed by atoms with van der Waals surface area (Å²) in [7, 11) is 0. The Kier molecular flexibility index (Phi) is 14.7. The molecule has 0 bridgehead atoms. The first-order chi connectivity index (χ1) is 36.6. The molecule has 1 saturated carbocycles. The summed E-state index contributed by atoms with van der Waals surface area (Å²) >= 11 is 0. The number of ether oxygens (including phenoxy) is 2. The lowest BCUT2D eigenvalue weighted by molar-refractivity contribution is 0.382. The van der Waals surface area contributed by atoms with Gasteiger partial charge >= 0.3 is 0 Å². The molecule has 74 heavy (non-hydrogen) atoms. The van der Waals surface area contributed by atoms with Crippen LogP contribution in [0.1, 0.15) is 81.8 Å². The van der Waals surface area contributed by atoms with Crippen LogP contribution in [0.5, 0.6) is 23.0 Å². The zero-order valence-electron chi connectivity index (χ0n) is 41.6. The van der Waals surface area contributed by atoms with Gasteiger partial charge in [0, 0.05) is 38.8 Å². The highest BCUT2D eigenvalue weighted by atomic mass is 16.5. The fraction of sp³-hybridized carbons (Fsp3) is 0.182. The second-order valence-corrected chi connectivity index (χ2v) is 19.1. The second kappa shape index (κ2) is 22.9. The molecular formula is C66H58N6O2. The molecule has 1 aliphatic rings. The van der Waals surface area contributed by atoms with Crippen molar-refractivity contribution in [3.8, 4) is 91.3 Å². The van der Waals surface area contributed by atoms with Gasteiger partial charge in [0.2, 0.25) is 0 Å². The van der Waals surface area contributed by atoms with Crippen LogP contribution in [0.25, 0.3) is 68.3 Å². The summed E-state index contributed by atoms with van der Waals surface area (Å²) in [6.45, 7) is 0. The van der Waals surface area contributed by atoms with Gasteiger partial charge in [-0.05, 0) is 96.8 Å². The number of hydrogen-bond donors (Lipinski definition) is 0. The fourth-order valence-electron chi connectivity index (χ4n) is 10.1. The molecule has 0 radical (unpaired) electrons. The van der Waals surface area contributed by atoms with Gasteiger partial charge in [-0.15, -0.1) is 0 Å². The van der Waals surface area contributed by atoms with Crippen molar-refractivity contribution in [2.24, 2.45) is 0 Å². The molecule has 10 aromatic rings. The van der Waals surface area contributed by atoms with Crippen LogP contribution in [-0.4, -0.2) is 29.9 Å². The largest absolute Gasteiger partial charge is 0.457 e. The van der Waals surface area contributed by atoms with Crippen LogP contribution in [0, 0.1) is 0 Å². The van der Waals surface area contributed by atoms with E-state index in [4.69, 9.17) is 39.4 Å². The second-order valence-electron chi connectivity index (χ2n) is 19.1. The van der Waals surface area contributed by atoms with Gasteiger partial charge in [-0.3, -0.25) is 0 Å². The Morgan fingerprint density at radius 3 is 0.703 bits per heavy atom. The topological polar surface area (TPSA) is 95.8 Å². The smallest absolute Gasteiger partial charge is 0.164 e. The first kappa shape index (κ1) is 47.7. The normalized spacial score (nSPS) is 14.0. The Labute approximate surface area is 434 Å². The van der Waals surface area contributed by atoms with E-state index in [2.05, 4.69) is 48.5 Å². The van der Waals surface area contributed by atoms with Gasteiger partial charge in [-0.25, -0.2) is 29.9 Å². The van der Waals surface area contributed by atoms with E-state index in [9.17, 15) is 0 Å². The maximum atomic E-state index is 6.52. The Morgan fingerprint density at radius 1 is 0.230 bits per heavy atom. The highest BCUT2D eigenvalue weighted by Gasteiger charge is 2.34. The van der Waals surface area contributed by atoms with Crippen LogP contribution in [0.4, 0.5) is 0 Å². The molecule has 0 atom stereocenters.